The van der Waals surface area contributed by atoms with E-state index in [9.17, 15) is 22.8 Å². The summed E-state index contributed by atoms with van der Waals surface area (Å²) in [4.78, 5) is 24.0. The molecule has 0 unspecified atom stereocenters. The van der Waals surface area contributed by atoms with Gasteiger partial charge >= 0.3 is 6.18 Å². The number of nitrogens with one attached hydrogen (secondary N) is 2. The summed E-state index contributed by atoms with van der Waals surface area (Å²) in [6, 6.07) is 18.6. The van der Waals surface area contributed by atoms with Crippen molar-refractivity contribution in [3.63, 3.8) is 0 Å². The first kappa shape index (κ1) is 25.8. The van der Waals surface area contributed by atoms with Gasteiger partial charge in [0.05, 0.1) is 11.8 Å². The van der Waals surface area contributed by atoms with Gasteiger partial charge < -0.3 is 10.1 Å². The van der Waals surface area contributed by atoms with E-state index in [1.165, 1.54) is 18.3 Å². The van der Waals surface area contributed by atoms with E-state index in [-0.39, 0.29) is 25.1 Å². The Balaban J connectivity index is 1.48. The molecule has 0 aliphatic heterocycles. The number of hydrogen-bond donors (Lipinski definition) is 2. The molecule has 10 heteroatoms. The van der Waals surface area contributed by atoms with Crippen molar-refractivity contribution in [1.29, 1.82) is 0 Å². The summed E-state index contributed by atoms with van der Waals surface area (Å²) >= 11 is 6.14. The van der Waals surface area contributed by atoms with Gasteiger partial charge in [-0.05, 0) is 36.4 Å². The van der Waals surface area contributed by atoms with E-state index in [1.54, 1.807) is 30.3 Å². The minimum Gasteiger partial charge on any atom is -0.488 e. The third-order valence-electron chi connectivity index (χ3n) is 4.71. The Kier molecular flexibility index (Phi) is 8.86. The number of nitrogens with zero attached hydrogens (tertiary/aromatic N) is 1. The number of hydrogen-bond acceptors (Lipinski definition) is 4. The number of amides is 2. The lowest BCUT2D eigenvalue weighted by Crippen LogP contribution is -2.20. The van der Waals surface area contributed by atoms with Crippen LogP contribution in [0.2, 0.25) is 5.02 Å². The van der Waals surface area contributed by atoms with E-state index < -0.39 is 23.6 Å². The molecule has 0 heterocycles. The van der Waals surface area contributed by atoms with Crippen molar-refractivity contribution in [2.45, 2.75) is 25.6 Å². The Morgan fingerprint density at radius 3 is 2.43 bits per heavy atom. The Bertz CT molecular complexity index is 1220. The number of carbonyl (C=O) groups is 2. The molecule has 182 valence electrons. The Labute approximate surface area is 204 Å². The van der Waals surface area contributed by atoms with E-state index >= 15 is 0 Å². The third kappa shape index (κ3) is 8.15. The van der Waals surface area contributed by atoms with E-state index in [4.69, 9.17) is 16.3 Å². The molecule has 0 aliphatic rings. The lowest BCUT2D eigenvalue weighted by atomic mass is 10.2. The molecular weight excluding hydrogens is 483 g/mol. The second-order valence-corrected chi connectivity index (χ2v) is 7.75. The lowest BCUT2D eigenvalue weighted by Gasteiger charge is -2.10. The molecule has 0 saturated heterocycles. The second kappa shape index (κ2) is 12.0. The van der Waals surface area contributed by atoms with Crippen LogP contribution in [-0.2, 0) is 22.4 Å². The first-order valence-electron chi connectivity index (χ1n) is 10.5. The van der Waals surface area contributed by atoms with Crippen molar-refractivity contribution in [2.24, 2.45) is 5.10 Å². The molecule has 2 amide bonds. The number of anilines is 1. The second-order valence-electron chi connectivity index (χ2n) is 7.34. The highest BCUT2D eigenvalue weighted by Gasteiger charge is 2.30. The zero-order chi connectivity index (χ0) is 25.3. The maximum Gasteiger partial charge on any atom is 0.416 e. The fraction of sp³-hybridized carbons (Fsp3) is 0.160. The van der Waals surface area contributed by atoms with Crippen molar-refractivity contribution in [2.75, 3.05) is 5.32 Å². The number of hydrazone groups is 1. The van der Waals surface area contributed by atoms with Gasteiger partial charge in [0.1, 0.15) is 12.4 Å². The molecule has 0 aromatic heterocycles. The van der Waals surface area contributed by atoms with Gasteiger partial charge in [0, 0.05) is 34.7 Å². The first-order valence-corrected chi connectivity index (χ1v) is 10.8. The molecule has 2 N–H and O–H groups in total. The zero-order valence-corrected chi connectivity index (χ0v) is 19.1. The van der Waals surface area contributed by atoms with Crippen LogP contribution in [0.25, 0.3) is 0 Å². The van der Waals surface area contributed by atoms with Gasteiger partial charge in [0.15, 0.2) is 0 Å². The van der Waals surface area contributed by atoms with Gasteiger partial charge in [0.25, 0.3) is 0 Å². The molecule has 35 heavy (non-hydrogen) atoms. The minimum absolute atomic E-state index is 0.00310. The van der Waals surface area contributed by atoms with Crippen molar-refractivity contribution < 1.29 is 27.5 Å². The number of benzene rings is 3. The highest BCUT2D eigenvalue weighted by Crippen LogP contribution is 2.30. The molecular formula is C25H21ClF3N3O3. The number of para-hydroxylation sites is 1. The average Bonchev–Trinajstić information content (AvgIpc) is 2.83. The summed E-state index contributed by atoms with van der Waals surface area (Å²) in [5, 5.41) is 6.82. The standard InChI is InChI=1S/C25H21ClF3N3O3/c26-21-10-3-1-7-18(21)16-35-22-11-4-2-6-17(22)15-30-32-24(34)13-12-23(33)31-20-9-5-8-19(14-20)25(27,28)29/h1-11,14-15H,12-13,16H2,(H,31,33)(H,32,34). The van der Waals surface area contributed by atoms with Gasteiger partial charge in [0.2, 0.25) is 11.8 Å². The Hall–Kier alpha value is -3.85. The summed E-state index contributed by atoms with van der Waals surface area (Å²) in [6.07, 6.45) is -3.54. The summed E-state index contributed by atoms with van der Waals surface area (Å²) in [5.74, 6) is -0.595. The van der Waals surface area contributed by atoms with E-state index in [0.29, 0.717) is 16.3 Å². The van der Waals surface area contributed by atoms with Gasteiger partial charge in [-0.1, -0.05) is 48.0 Å². The quantitative estimate of drug-likeness (QED) is 0.286. The topological polar surface area (TPSA) is 79.8 Å². The zero-order valence-electron chi connectivity index (χ0n) is 18.3. The smallest absolute Gasteiger partial charge is 0.416 e. The lowest BCUT2D eigenvalue weighted by molar-refractivity contribution is -0.137. The van der Waals surface area contributed by atoms with Gasteiger partial charge in [-0.2, -0.15) is 18.3 Å². The van der Waals surface area contributed by atoms with Crippen molar-refractivity contribution in [3.05, 3.63) is 94.5 Å². The van der Waals surface area contributed by atoms with E-state index in [2.05, 4.69) is 15.8 Å². The number of halogens is 4. The van der Waals surface area contributed by atoms with Crippen LogP contribution in [0.15, 0.2) is 77.9 Å². The predicted molar refractivity (Wildman–Crippen MR) is 127 cm³/mol. The summed E-state index contributed by atoms with van der Waals surface area (Å²) < 4.78 is 44.1. The van der Waals surface area contributed by atoms with Gasteiger partial charge in [-0.25, -0.2) is 5.43 Å². The summed E-state index contributed by atoms with van der Waals surface area (Å²) in [7, 11) is 0. The fourth-order valence-corrected chi connectivity index (χ4v) is 3.13. The van der Waals surface area contributed by atoms with Crippen LogP contribution in [0.4, 0.5) is 18.9 Å². The predicted octanol–water partition coefficient (Wildman–Crippen LogP) is 5.81. The molecule has 0 spiro atoms. The van der Waals surface area contributed by atoms with Crippen LogP contribution >= 0.6 is 11.6 Å². The number of alkyl halides is 3. The molecule has 3 rings (SSSR count). The molecule has 3 aromatic carbocycles. The first-order chi connectivity index (χ1) is 16.7. The molecule has 0 atom stereocenters. The van der Waals surface area contributed by atoms with Crippen LogP contribution < -0.4 is 15.5 Å². The Morgan fingerprint density at radius 1 is 0.943 bits per heavy atom. The number of carbonyl (C=O) groups excluding carboxylic acids is 2. The Morgan fingerprint density at radius 2 is 1.66 bits per heavy atom. The fourth-order valence-electron chi connectivity index (χ4n) is 2.94. The SMILES string of the molecule is O=C(CCC(=O)Nc1cccc(C(F)(F)F)c1)NN=Cc1ccccc1OCc1ccccc1Cl. The maximum atomic E-state index is 12.8. The van der Waals surface area contributed by atoms with Gasteiger partial charge in [-0.15, -0.1) is 0 Å². The summed E-state index contributed by atoms with van der Waals surface area (Å²) in [5.41, 5.74) is 2.87. The molecule has 0 radical (unpaired) electrons. The van der Waals surface area contributed by atoms with Crippen LogP contribution in [0, 0.1) is 0 Å². The highest BCUT2D eigenvalue weighted by molar-refractivity contribution is 6.31. The van der Waals surface area contributed by atoms with E-state index in [1.807, 2.05) is 18.2 Å². The normalized spacial score (nSPS) is 11.3. The monoisotopic (exact) mass is 503 g/mol. The van der Waals surface area contributed by atoms with Crippen LogP contribution in [0.1, 0.15) is 29.5 Å². The van der Waals surface area contributed by atoms with Crippen molar-refractivity contribution in [3.8, 4) is 5.75 Å². The molecule has 0 fully saturated rings. The van der Waals surface area contributed by atoms with E-state index in [0.717, 1.165) is 17.7 Å². The summed E-state index contributed by atoms with van der Waals surface area (Å²) in [6.45, 7) is 0.248. The molecule has 0 saturated carbocycles. The average molecular weight is 504 g/mol. The van der Waals surface area contributed by atoms with Crippen molar-refractivity contribution >= 4 is 35.3 Å². The van der Waals surface area contributed by atoms with Crippen LogP contribution in [0.3, 0.4) is 0 Å². The molecule has 3 aromatic rings. The maximum absolute atomic E-state index is 12.8. The molecule has 6 nitrogen and oxygen atoms in total. The molecule has 0 bridgehead atoms. The largest absolute Gasteiger partial charge is 0.488 e. The molecule has 0 aliphatic carbocycles. The minimum atomic E-state index is -4.52. The van der Waals surface area contributed by atoms with Crippen molar-refractivity contribution in [1.82, 2.24) is 5.43 Å². The number of rotatable bonds is 9. The highest BCUT2D eigenvalue weighted by atomic mass is 35.5. The van der Waals surface area contributed by atoms with Gasteiger partial charge in [-0.3, -0.25) is 9.59 Å². The number of ether oxygens (including phenoxy) is 1. The third-order valence-corrected chi connectivity index (χ3v) is 5.07. The van der Waals surface area contributed by atoms with Crippen LogP contribution in [0.5, 0.6) is 5.75 Å². The van der Waals surface area contributed by atoms with Crippen LogP contribution in [-0.4, -0.2) is 18.0 Å².